The Morgan fingerprint density at radius 2 is 1.78 bits per heavy atom. The standard InChI is InChI=1S/C15H24N2O/c1-4-14(17-7-5-16-6-8-17)15-11(2)9-13(18)10-12(15)3/h9-10,14,16,18H,4-8H2,1-3H3/t14-/m1/s1. The number of phenolic OH excluding ortho intramolecular Hbond substituents is 1. The van der Waals surface area contributed by atoms with Gasteiger partial charge in [0.1, 0.15) is 5.75 Å². The van der Waals surface area contributed by atoms with Crippen LogP contribution in [-0.4, -0.2) is 36.2 Å². The molecule has 0 amide bonds. The van der Waals surface area contributed by atoms with Crippen LogP contribution in [0.25, 0.3) is 0 Å². The molecule has 1 aliphatic heterocycles. The van der Waals surface area contributed by atoms with Crippen molar-refractivity contribution in [1.29, 1.82) is 0 Å². The van der Waals surface area contributed by atoms with Gasteiger partial charge in [0.15, 0.2) is 0 Å². The fourth-order valence-electron chi connectivity index (χ4n) is 3.12. The van der Waals surface area contributed by atoms with Crippen molar-refractivity contribution >= 4 is 0 Å². The molecule has 100 valence electrons. The summed E-state index contributed by atoms with van der Waals surface area (Å²) in [6.45, 7) is 10.8. The van der Waals surface area contributed by atoms with E-state index < -0.39 is 0 Å². The maximum Gasteiger partial charge on any atom is 0.116 e. The fourth-order valence-corrected chi connectivity index (χ4v) is 3.12. The Balaban J connectivity index is 2.32. The predicted octanol–water partition coefficient (Wildman–Crippen LogP) is 2.37. The van der Waals surface area contributed by atoms with Crippen LogP contribution in [0, 0.1) is 13.8 Å². The second-order valence-electron chi connectivity index (χ2n) is 5.20. The van der Waals surface area contributed by atoms with Crippen LogP contribution >= 0.6 is 0 Å². The van der Waals surface area contributed by atoms with Crippen molar-refractivity contribution < 1.29 is 5.11 Å². The summed E-state index contributed by atoms with van der Waals surface area (Å²) >= 11 is 0. The van der Waals surface area contributed by atoms with Gasteiger partial charge in [-0.2, -0.15) is 0 Å². The van der Waals surface area contributed by atoms with Gasteiger partial charge in [0, 0.05) is 32.2 Å². The first-order valence-electron chi connectivity index (χ1n) is 6.88. The summed E-state index contributed by atoms with van der Waals surface area (Å²) in [7, 11) is 0. The molecule has 1 saturated heterocycles. The third-order valence-electron chi connectivity index (χ3n) is 3.89. The lowest BCUT2D eigenvalue weighted by Gasteiger charge is -2.36. The van der Waals surface area contributed by atoms with Gasteiger partial charge in [0.2, 0.25) is 0 Å². The average Bonchev–Trinajstić information content (AvgIpc) is 2.34. The molecule has 0 aromatic heterocycles. The van der Waals surface area contributed by atoms with Crippen molar-refractivity contribution in [3.8, 4) is 5.75 Å². The molecular weight excluding hydrogens is 224 g/mol. The zero-order valence-electron chi connectivity index (χ0n) is 11.7. The summed E-state index contributed by atoms with van der Waals surface area (Å²) in [5.41, 5.74) is 3.81. The number of nitrogens with zero attached hydrogens (tertiary/aromatic N) is 1. The summed E-state index contributed by atoms with van der Waals surface area (Å²) in [5, 5.41) is 13.1. The van der Waals surface area contributed by atoms with E-state index in [1.54, 1.807) is 0 Å². The molecule has 0 radical (unpaired) electrons. The summed E-state index contributed by atoms with van der Waals surface area (Å²) in [6.07, 6.45) is 1.12. The van der Waals surface area contributed by atoms with Gasteiger partial charge in [-0.15, -0.1) is 0 Å². The summed E-state index contributed by atoms with van der Waals surface area (Å²) in [4.78, 5) is 2.56. The SMILES string of the molecule is CC[C@H](c1c(C)cc(O)cc1C)N1CCNCC1. The van der Waals surface area contributed by atoms with Crippen LogP contribution in [0.2, 0.25) is 0 Å². The molecule has 1 atom stereocenters. The molecule has 2 N–H and O–H groups in total. The highest BCUT2D eigenvalue weighted by molar-refractivity contribution is 5.42. The first-order valence-corrected chi connectivity index (χ1v) is 6.88. The number of benzene rings is 1. The monoisotopic (exact) mass is 248 g/mol. The highest BCUT2D eigenvalue weighted by atomic mass is 16.3. The average molecular weight is 248 g/mol. The van der Waals surface area contributed by atoms with Crippen LogP contribution < -0.4 is 5.32 Å². The van der Waals surface area contributed by atoms with Gasteiger partial charge in [0.05, 0.1) is 0 Å². The van der Waals surface area contributed by atoms with Gasteiger partial charge >= 0.3 is 0 Å². The van der Waals surface area contributed by atoms with Crippen molar-refractivity contribution in [3.05, 3.63) is 28.8 Å². The molecule has 1 fully saturated rings. The quantitative estimate of drug-likeness (QED) is 0.862. The maximum atomic E-state index is 9.66. The molecule has 2 rings (SSSR count). The van der Waals surface area contributed by atoms with Gasteiger partial charge in [-0.1, -0.05) is 6.92 Å². The van der Waals surface area contributed by atoms with E-state index in [1.807, 2.05) is 12.1 Å². The molecular formula is C15H24N2O. The Morgan fingerprint density at radius 1 is 1.22 bits per heavy atom. The molecule has 0 bridgehead atoms. The van der Waals surface area contributed by atoms with Crippen LogP contribution in [0.5, 0.6) is 5.75 Å². The molecule has 3 heteroatoms. The van der Waals surface area contributed by atoms with E-state index in [4.69, 9.17) is 0 Å². The minimum atomic E-state index is 0.379. The lowest BCUT2D eigenvalue weighted by Crippen LogP contribution is -2.45. The van der Waals surface area contributed by atoms with Crippen molar-refractivity contribution in [2.75, 3.05) is 26.2 Å². The third-order valence-corrected chi connectivity index (χ3v) is 3.89. The molecule has 18 heavy (non-hydrogen) atoms. The second-order valence-corrected chi connectivity index (χ2v) is 5.20. The van der Waals surface area contributed by atoms with E-state index in [9.17, 15) is 5.11 Å². The topological polar surface area (TPSA) is 35.5 Å². The lowest BCUT2D eigenvalue weighted by atomic mass is 9.92. The smallest absolute Gasteiger partial charge is 0.116 e. The van der Waals surface area contributed by atoms with Gasteiger partial charge in [-0.25, -0.2) is 0 Å². The molecule has 1 heterocycles. The summed E-state index contributed by atoms with van der Waals surface area (Å²) in [6, 6.07) is 4.24. The number of nitrogens with one attached hydrogen (secondary N) is 1. The van der Waals surface area contributed by atoms with E-state index in [1.165, 1.54) is 16.7 Å². The first-order chi connectivity index (χ1) is 8.63. The predicted molar refractivity (Wildman–Crippen MR) is 75.1 cm³/mol. The van der Waals surface area contributed by atoms with Gasteiger partial charge in [-0.3, -0.25) is 4.90 Å². The Morgan fingerprint density at radius 3 is 2.28 bits per heavy atom. The van der Waals surface area contributed by atoms with Crippen molar-refractivity contribution in [2.24, 2.45) is 0 Å². The zero-order chi connectivity index (χ0) is 13.1. The van der Waals surface area contributed by atoms with Crippen LogP contribution in [0.3, 0.4) is 0 Å². The maximum absolute atomic E-state index is 9.66. The minimum Gasteiger partial charge on any atom is -0.508 e. The summed E-state index contributed by atoms with van der Waals surface area (Å²) < 4.78 is 0. The first kappa shape index (κ1) is 13.4. The van der Waals surface area contributed by atoms with Gasteiger partial charge in [-0.05, 0) is 49.1 Å². The molecule has 0 aliphatic carbocycles. The number of aryl methyl sites for hydroxylation is 2. The zero-order valence-corrected chi connectivity index (χ0v) is 11.7. The fraction of sp³-hybridized carbons (Fsp3) is 0.600. The largest absolute Gasteiger partial charge is 0.508 e. The Hall–Kier alpha value is -1.06. The van der Waals surface area contributed by atoms with Crippen molar-refractivity contribution in [1.82, 2.24) is 10.2 Å². The molecule has 0 saturated carbocycles. The molecule has 1 aromatic rings. The van der Waals surface area contributed by atoms with E-state index in [-0.39, 0.29) is 0 Å². The minimum absolute atomic E-state index is 0.379. The molecule has 3 nitrogen and oxygen atoms in total. The Bertz CT molecular complexity index is 388. The van der Waals surface area contributed by atoms with E-state index in [0.717, 1.165) is 32.6 Å². The normalized spacial score (nSPS) is 18.8. The Labute approximate surface area is 110 Å². The van der Waals surface area contributed by atoms with E-state index in [0.29, 0.717) is 11.8 Å². The van der Waals surface area contributed by atoms with E-state index in [2.05, 4.69) is 31.0 Å². The number of aromatic hydroxyl groups is 1. The van der Waals surface area contributed by atoms with Gasteiger partial charge < -0.3 is 10.4 Å². The third kappa shape index (κ3) is 2.68. The highest BCUT2D eigenvalue weighted by Crippen LogP contribution is 2.32. The number of phenols is 1. The van der Waals surface area contributed by atoms with Gasteiger partial charge in [0.25, 0.3) is 0 Å². The van der Waals surface area contributed by atoms with Crippen LogP contribution in [0.1, 0.15) is 36.1 Å². The van der Waals surface area contributed by atoms with Crippen LogP contribution in [0.15, 0.2) is 12.1 Å². The molecule has 0 spiro atoms. The highest BCUT2D eigenvalue weighted by Gasteiger charge is 2.23. The molecule has 0 unspecified atom stereocenters. The molecule has 1 aliphatic rings. The number of hydrogen-bond donors (Lipinski definition) is 2. The number of rotatable bonds is 3. The number of piperazine rings is 1. The van der Waals surface area contributed by atoms with Crippen LogP contribution in [0.4, 0.5) is 0 Å². The van der Waals surface area contributed by atoms with Crippen molar-refractivity contribution in [2.45, 2.75) is 33.2 Å². The van der Waals surface area contributed by atoms with Crippen LogP contribution in [-0.2, 0) is 0 Å². The number of hydrogen-bond acceptors (Lipinski definition) is 3. The summed E-state index contributed by atoms with van der Waals surface area (Å²) in [5.74, 6) is 0.379. The molecule has 1 aromatic carbocycles. The second kappa shape index (κ2) is 5.72. The Kier molecular flexibility index (Phi) is 4.25. The lowest BCUT2D eigenvalue weighted by molar-refractivity contribution is 0.168. The van der Waals surface area contributed by atoms with Crippen molar-refractivity contribution in [3.63, 3.8) is 0 Å². The van der Waals surface area contributed by atoms with E-state index >= 15 is 0 Å².